The van der Waals surface area contributed by atoms with E-state index in [4.69, 9.17) is 10.5 Å². The number of ether oxygens (including phenoxy) is 1. The molecule has 1 aliphatic heterocycles. The Balaban J connectivity index is 2.69. The molecule has 1 saturated heterocycles. The molecule has 17 heavy (non-hydrogen) atoms. The lowest BCUT2D eigenvalue weighted by Crippen LogP contribution is -2.43. The van der Waals surface area contributed by atoms with Crippen LogP contribution in [-0.2, 0) is 14.3 Å². The monoisotopic (exact) mass is 260 g/mol. The Morgan fingerprint density at radius 1 is 1.71 bits per heavy atom. The summed E-state index contributed by atoms with van der Waals surface area (Å²) in [4.78, 5) is 25.1. The minimum Gasteiger partial charge on any atom is -0.467 e. The number of carbonyl (C=O) groups is 2. The minimum atomic E-state index is -0.448. The SMILES string of the molecule is COC(=O)C(CCSC)N1CC(CN)CC1=O. The number of thioether (sulfide) groups is 1. The van der Waals surface area contributed by atoms with Gasteiger partial charge in [-0.1, -0.05) is 0 Å². The average Bonchev–Trinajstić information content (AvgIpc) is 2.71. The Kier molecular flexibility index (Phi) is 5.77. The van der Waals surface area contributed by atoms with Crippen LogP contribution in [0, 0.1) is 5.92 Å². The molecule has 1 fully saturated rings. The van der Waals surface area contributed by atoms with Gasteiger partial charge in [0.15, 0.2) is 0 Å². The van der Waals surface area contributed by atoms with Crippen LogP contribution < -0.4 is 5.73 Å². The number of methoxy groups -OCH3 is 1. The molecule has 0 bridgehead atoms. The highest BCUT2D eigenvalue weighted by molar-refractivity contribution is 7.98. The topological polar surface area (TPSA) is 72.6 Å². The number of hydrogen-bond donors (Lipinski definition) is 1. The number of nitrogens with two attached hydrogens (primary N) is 1. The molecular formula is C11H20N2O3S. The predicted molar refractivity (Wildman–Crippen MR) is 67.7 cm³/mol. The summed E-state index contributed by atoms with van der Waals surface area (Å²) in [5.74, 6) is 0.683. The lowest BCUT2D eigenvalue weighted by atomic mass is 10.1. The highest BCUT2D eigenvalue weighted by atomic mass is 32.2. The van der Waals surface area contributed by atoms with Gasteiger partial charge in [0, 0.05) is 13.0 Å². The van der Waals surface area contributed by atoms with E-state index >= 15 is 0 Å². The minimum absolute atomic E-state index is 0.0111. The summed E-state index contributed by atoms with van der Waals surface area (Å²) in [6.45, 7) is 1.06. The third-order valence-corrected chi connectivity index (χ3v) is 3.66. The van der Waals surface area contributed by atoms with E-state index in [1.54, 1.807) is 16.7 Å². The number of likely N-dealkylation sites (tertiary alicyclic amines) is 1. The summed E-state index contributed by atoms with van der Waals surface area (Å²) < 4.78 is 4.77. The highest BCUT2D eigenvalue weighted by Gasteiger charge is 2.37. The van der Waals surface area contributed by atoms with Gasteiger partial charge in [-0.05, 0) is 30.9 Å². The van der Waals surface area contributed by atoms with E-state index in [9.17, 15) is 9.59 Å². The van der Waals surface area contributed by atoms with Crippen molar-refractivity contribution in [1.82, 2.24) is 4.90 Å². The number of nitrogens with zero attached hydrogens (tertiary/aromatic N) is 1. The molecule has 6 heteroatoms. The molecule has 0 aromatic heterocycles. The quantitative estimate of drug-likeness (QED) is 0.685. The van der Waals surface area contributed by atoms with Gasteiger partial charge in [-0.3, -0.25) is 4.79 Å². The second kappa shape index (κ2) is 6.86. The molecule has 98 valence electrons. The molecule has 0 radical (unpaired) electrons. The third kappa shape index (κ3) is 3.61. The highest BCUT2D eigenvalue weighted by Crippen LogP contribution is 2.22. The van der Waals surface area contributed by atoms with Crippen LogP contribution in [0.1, 0.15) is 12.8 Å². The van der Waals surface area contributed by atoms with Crippen molar-refractivity contribution in [2.45, 2.75) is 18.9 Å². The number of esters is 1. The molecule has 1 heterocycles. The lowest BCUT2D eigenvalue weighted by Gasteiger charge is -2.25. The van der Waals surface area contributed by atoms with Crippen molar-refractivity contribution in [3.8, 4) is 0 Å². The molecule has 0 spiro atoms. The summed E-state index contributed by atoms with van der Waals surface area (Å²) in [6.07, 6.45) is 3.06. The summed E-state index contributed by atoms with van der Waals surface area (Å²) in [5.41, 5.74) is 5.57. The van der Waals surface area contributed by atoms with E-state index in [1.807, 2.05) is 6.26 Å². The van der Waals surface area contributed by atoms with E-state index in [2.05, 4.69) is 0 Å². The zero-order valence-electron chi connectivity index (χ0n) is 10.3. The largest absolute Gasteiger partial charge is 0.467 e. The van der Waals surface area contributed by atoms with Gasteiger partial charge in [0.05, 0.1) is 7.11 Å². The molecule has 1 aliphatic rings. The van der Waals surface area contributed by atoms with Crippen LogP contribution in [0.4, 0.5) is 0 Å². The molecule has 2 unspecified atom stereocenters. The standard InChI is InChI=1S/C11H20N2O3S/c1-16-11(15)9(3-4-17-2)13-7-8(6-12)5-10(13)14/h8-9H,3-7,12H2,1-2H3. The van der Waals surface area contributed by atoms with Crippen LogP contribution in [0.2, 0.25) is 0 Å². The van der Waals surface area contributed by atoms with Crippen molar-refractivity contribution in [3.63, 3.8) is 0 Å². The summed E-state index contributed by atoms with van der Waals surface area (Å²) in [7, 11) is 1.36. The fourth-order valence-electron chi connectivity index (χ4n) is 2.03. The zero-order chi connectivity index (χ0) is 12.8. The normalized spacial score (nSPS) is 21.7. The average molecular weight is 260 g/mol. The molecule has 0 aromatic rings. The zero-order valence-corrected chi connectivity index (χ0v) is 11.2. The van der Waals surface area contributed by atoms with Gasteiger partial charge in [-0.2, -0.15) is 11.8 Å². The maximum absolute atomic E-state index is 11.8. The van der Waals surface area contributed by atoms with E-state index in [0.29, 0.717) is 25.9 Å². The van der Waals surface area contributed by atoms with E-state index in [0.717, 1.165) is 5.75 Å². The molecule has 5 nitrogen and oxygen atoms in total. The second-order valence-corrected chi connectivity index (χ2v) is 5.16. The van der Waals surface area contributed by atoms with Crippen LogP contribution in [-0.4, -0.2) is 55.0 Å². The van der Waals surface area contributed by atoms with E-state index < -0.39 is 6.04 Å². The summed E-state index contributed by atoms with van der Waals surface area (Å²) in [6, 6.07) is -0.448. The van der Waals surface area contributed by atoms with Crippen molar-refractivity contribution in [1.29, 1.82) is 0 Å². The maximum atomic E-state index is 11.8. The van der Waals surface area contributed by atoms with Crippen molar-refractivity contribution in [2.75, 3.05) is 32.2 Å². The number of rotatable bonds is 6. The Labute approximate surface area is 106 Å². The Morgan fingerprint density at radius 3 is 2.88 bits per heavy atom. The van der Waals surface area contributed by atoms with Gasteiger partial charge in [-0.25, -0.2) is 4.79 Å². The molecule has 0 saturated carbocycles. The molecule has 0 aliphatic carbocycles. The molecule has 2 atom stereocenters. The summed E-state index contributed by atoms with van der Waals surface area (Å²) >= 11 is 1.65. The fraction of sp³-hybridized carbons (Fsp3) is 0.818. The number of amides is 1. The van der Waals surface area contributed by atoms with Crippen molar-refractivity contribution in [3.05, 3.63) is 0 Å². The predicted octanol–water partition coefficient (Wildman–Crippen LogP) is 0.0883. The van der Waals surface area contributed by atoms with Crippen LogP contribution >= 0.6 is 11.8 Å². The van der Waals surface area contributed by atoms with Crippen molar-refractivity contribution >= 4 is 23.6 Å². The van der Waals surface area contributed by atoms with Crippen LogP contribution in [0.15, 0.2) is 0 Å². The second-order valence-electron chi connectivity index (χ2n) is 4.17. The van der Waals surface area contributed by atoms with Crippen LogP contribution in [0.5, 0.6) is 0 Å². The fourth-order valence-corrected chi connectivity index (χ4v) is 2.49. The smallest absolute Gasteiger partial charge is 0.328 e. The first-order valence-electron chi connectivity index (χ1n) is 5.70. The molecule has 2 N–H and O–H groups in total. The summed E-state index contributed by atoms with van der Waals surface area (Å²) in [5, 5.41) is 0. The van der Waals surface area contributed by atoms with Crippen LogP contribution in [0.25, 0.3) is 0 Å². The van der Waals surface area contributed by atoms with Gasteiger partial charge < -0.3 is 15.4 Å². The Morgan fingerprint density at radius 2 is 2.41 bits per heavy atom. The van der Waals surface area contributed by atoms with E-state index in [1.165, 1.54) is 7.11 Å². The first-order chi connectivity index (χ1) is 8.13. The molecule has 0 aromatic carbocycles. The Bertz CT molecular complexity index is 284. The van der Waals surface area contributed by atoms with Gasteiger partial charge in [0.25, 0.3) is 0 Å². The Hall–Kier alpha value is -0.750. The van der Waals surface area contributed by atoms with E-state index in [-0.39, 0.29) is 17.8 Å². The number of carbonyl (C=O) groups excluding carboxylic acids is 2. The lowest BCUT2D eigenvalue weighted by molar-refractivity contribution is -0.151. The first-order valence-corrected chi connectivity index (χ1v) is 7.09. The molecule has 1 rings (SSSR count). The first kappa shape index (κ1) is 14.3. The van der Waals surface area contributed by atoms with Gasteiger partial charge in [0.1, 0.15) is 6.04 Å². The molecule has 1 amide bonds. The number of hydrogen-bond acceptors (Lipinski definition) is 5. The van der Waals surface area contributed by atoms with Crippen molar-refractivity contribution < 1.29 is 14.3 Å². The maximum Gasteiger partial charge on any atom is 0.328 e. The molecular weight excluding hydrogens is 240 g/mol. The van der Waals surface area contributed by atoms with Gasteiger partial charge in [-0.15, -0.1) is 0 Å². The third-order valence-electron chi connectivity index (χ3n) is 3.02. The van der Waals surface area contributed by atoms with Crippen LogP contribution in [0.3, 0.4) is 0 Å². The van der Waals surface area contributed by atoms with Gasteiger partial charge in [0.2, 0.25) is 5.91 Å². The van der Waals surface area contributed by atoms with Crippen molar-refractivity contribution in [2.24, 2.45) is 11.7 Å². The van der Waals surface area contributed by atoms with Gasteiger partial charge >= 0.3 is 5.97 Å².